The highest BCUT2D eigenvalue weighted by molar-refractivity contribution is 5.16. The van der Waals surface area contributed by atoms with E-state index in [4.69, 9.17) is 5.26 Å². The monoisotopic (exact) mass is 204 g/mol. The molecule has 1 fully saturated rings. The quantitative estimate of drug-likeness (QED) is 0.738. The summed E-state index contributed by atoms with van der Waals surface area (Å²) in [5.74, 6) is -0.0273. The van der Waals surface area contributed by atoms with Crippen molar-refractivity contribution in [2.75, 3.05) is 13.1 Å². The van der Waals surface area contributed by atoms with Crippen molar-refractivity contribution in [3.05, 3.63) is 35.6 Å². The molecule has 0 aromatic heterocycles. The van der Waals surface area contributed by atoms with Crippen LogP contribution in [-0.2, 0) is 6.54 Å². The molecule has 0 bridgehead atoms. The maximum absolute atomic E-state index is 12.7. The summed E-state index contributed by atoms with van der Waals surface area (Å²) in [6.45, 7) is 2.63. The van der Waals surface area contributed by atoms with Crippen molar-refractivity contribution in [2.24, 2.45) is 5.92 Å². The van der Waals surface area contributed by atoms with E-state index < -0.39 is 0 Å². The van der Waals surface area contributed by atoms with E-state index in [0.29, 0.717) is 0 Å². The summed E-state index contributed by atoms with van der Waals surface area (Å²) in [6, 6.07) is 8.85. The zero-order chi connectivity index (χ0) is 10.7. The van der Waals surface area contributed by atoms with Crippen LogP contribution in [0.15, 0.2) is 24.3 Å². The molecule has 1 aliphatic rings. The van der Waals surface area contributed by atoms with Gasteiger partial charge < -0.3 is 0 Å². The molecule has 0 N–H and O–H groups in total. The van der Waals surface area contributed by atoms with Crippen LogP contribution in [0.1, 0.15) is 12.0 Å². The highest BCUT2D eigenvalue weighted by atomic mass is 19.1. The Morgan fingerprint density at radius 2 is 2.13 bits per heavy atom. The smallest absolute Gasteiger partial charge is 0.123 e. The third-order valence-corrected chi connectivity index (χ3v) is 2.77. The average Bonchev–Trinajstić information content (AvgIpc) is 2.69. The molecule has 1 saturated heterocycles. The third-order valence-electron chi connectivity index (χ3n) is 2.77. The number of hydrogen-bond donors (Lipinski definition) is 0. The van der Waals surface area contributed by atoms with Crippen LogP contribution in [0.25, 0.3) is 0 Å². The van der Waals surface area contributed by atoms with E-state index >= 15 is 0 Å². The zero-order valence-corrected chi connectivity index (χ0v) is 8.49. The minimum Gasteiger partial charge on any atom is -0.298 e. The summed E-state index contributed by atoms with van der Waals surface area (Å²) in [5, 5.41) is 8.76. The Morgan fingerprint density at radius 1 is 1.40 bits per heavy atom. The molecular weight excluding hydrogens is 191 g/mol. The fraction of sp³-hybridized carbons (Fsp3) is 0.417. The van der Waals surface area contributed by atoms with Crippen molar-refractivity contribution in [3.8, 4) is 6.07 Å². The van der Waals surface area contributed by atoms with Gasteiger partial charge in [0, 0.05) is 13.1 Å². The van der Waals surface area contributed by atoms with Crippen molar-refractivity contribution < 1.29 is 4.39 Å². The van der Waals surface area contributed by atoms with Gasteiger partial charge in [0.05, 0.1) is 12.0 Å². The lowest BCUT2D eigenvalue weighted by Crippen LogP contribution is -2.19. The fourth-order valence-corrected chi connectivity index (χ4v) is 1.93. The van der Waals surface area contributed by atoms with Gasteiger partial charge in [0.25, 0.3) is 0 Å². The Morgan fingerprint density at radius 3 is 2.73 bits per heavy atom. The average molecular weight is 204 g/mol. The summed E-state index contributed by atoms with van der Waals surface area (Å²) < 4.78 is 12.7. The van der Waals surface area contributed by atoms with Gasteiger partial charge in [-0.15, -0.1) is 0 Å². The first-order valence-corrected chi connectivity index (χ1v) is 5.14. The molecule has 0 saturated carbocycles. The maximum atomic E-state index is 12.7. The van der Waals surface area contributed by atoms with Crippen LogP contribution in [0.5, 0.6) is 0 Å². The summed E-state index contributed by atoms with van der Waals surface area (Å²) in [4.78, 5) is 2.24. The second-order valence-electron chi connectivity index (χ2n) is 3.98. The van der Waals surface area contributed by atoms with Crippen LogP contribution in [-0.4, -0.2) is 18.0 Å². The number of likely N-dealkylation sites (tertiary alicyclic amines) is 1. The molecular formula is C12H13FN2. The van der Waals surface area contributed by atoms with Gasteiger partial charge in [-0.05, 0) is 30.7 Å². The predicted octanol–water partition coefficient (Wildman–Crippen LogP) is 2.17. The molecule has 1 aromatic carbocycles. The predicted molar refractivity (Wildman–Crippen MR) is 55.4 cm³/mol. The Kier molecular flexibility index (Phi) is 2.98. The number of halogens is 1. The molecule has 0 spiro atoms. The van der Waals surface area contributed by atoms with Crippen molar-refractivity contribution in [3.63, 3.8) is 0 Å². The van der Waals surface area contributed by atoms with Crippen molar-refractivity contribution >= 4 is 0 Å². The minimum absolute atomic E-state index is 0.172. The molecule has 78 valence electrons. The summed E-state index contributed by atoms with van der Waals surface area (Å²) >= 11 is 0. The molecule has 1 atom stereocenters. The van der Waals surface area contributed by atoms with Crippen LogP contribution in [0.4, 0.5) is 4.39 Å². The largest absolute Gasteiger partial charge is 0.298 e. The van der Waals surface area contributed by atoms with Gasteiger partial charge in [0.2, 0.25) is 0 Å². The van der Waals surface area contributed by atoms with Gasteiger partial charge in [-0.25, -0.2) is 4.39 Å². The first-order chi connectivity index (χ1) is 7.28. The van der Waals surface area contributed by atoms with E-state index in [1.165, 1.54) is 12.1 Å². The van der Waals surface area contributed by atoms with Gasteiger partial charge in [0.15, 0.2) is 0 Å². The molecule has 1 heterocycles. The van der Waals surface area contributed by atoms with Crippen LogP contribution in [0, 0.1) is 23.1 Å². The summed E-state index contributed by atoms with van der Waals surface area (Å²) in [6.07, 6.45) is 0.956. The first kappa shape index (κ1) is 10.1. The van der Waals surface area contributed by atoms with Crippen molar-refractivity contribution in [1.82, 2.24) is 4.90 Å². The lowest BCUT2D eigenvalue weighted by atomic mass is 10.1. The number of nitriles is 1. The van der Waals surface area contributed by atoms with Gasteiger partial charge >= 0.3 is 0 Å². The van der Waals surface area contributed by atoms with Crippen LogP contribution in [0.2, 0.25) is 0 Å². The van der Waals surface area contributed by atoms with E-state index in [2.05, 4.69) is 11.0 Å². The van der Waals surface area contributed by atoms with Gasteiger partial charge in [-0.3, -0.25) is 4.90 Å². The molecule has 0 aliphatic carbocycles. The standard InChI is InChI=1S/C12H13FN2/c13-12-3-1-10(2-4-12)8-15-6-5-11(7-14)9-15/h1-4,11H,5-6,8-9H2. The van der Waals surface area contributed by atoms with E-state index in [1.54, 1.807) is 12.1 Å². The second kappa shape index (κ2) is 4.41. The van der Waals surface area contributed by atoms with E-state index in [9.17, 15) is 4.39 Å². The molecule has 2 rings (SSSR count). The fourth-order valence-electron chi connectivity index (χ4n) is 1.93. The normalized spacial score (nSPS) is 21.5. The van der Waals surface area contributed by atoms with Gasteiger partial charge in [-0.1, -0.05) is 12.1 Å². The first-order valence-electron chi connectivity index (χ1n) is 5.14. The van der Waals surface area contributed by atoms with E-state index in [1.807, 2.05) is 0 Å². The molecule has 15 heavy (non-hydrogen) atoms. The molecule has 0 amide bonds. The number of benzene rings is 1. The van der Waals surface area contributed by atoms with Crippen molar-refractivity contribution in [1.29, 1.82) is 5.26 Å². The molecule has 1 aromatic rings. The Labute approximate surface area is 88.9 Å². The SMILES string of the molecule is N#CC1CCN(Cc2ccc(F)cc2)C1. The summed E-state index contributed by atoms with van der Waals surface area (Å²) in [5.41, 5.74) is 1.11. The number of hydrogen-bond acceptors (Lipinski definition) is 2. The number of nitrogens with zero attached hydrogens (tertiary/aromatic N) is 2. The maximum Gasteiger partial charge on any atom is 0.123 e. The summed E-state index contributed by atoms with van der Waals surface area (Å²) in [7, 11) is 0. The molecule has 1 aliphatic heterocycles. The van der Waals surface area contributed by atoms with Crippen LogP contribution < -0.4 is 0 Å². The molecule has 0 radical (unpaired) electrons. The second-order valence-corrected chi connectivity index (χ2v) is 3.98. The Bertz CT molecular complexity index is 366. The Hall–Kier alpha value is -1.40. The van der Waals surface area contributed by atoms with Gasteiger partial charge in [-0.2, -0.15) is 5.26 Å². The highest BCUT2D eigenvalue weighted by Crippen LogP contribution is 2.17. The third kappa shape index (κ3) is 2.54. The Balaban J connectivity index is 1.93. The molecule has 3 heteroatoms. The number of rotatable bonds is 2. The lowest BCUT2D eigenvalue weighted by molar-refractivity contribution is 0.325. The van der Waals surface area contributed by atoms with Crippen molar-refractivity contribution in [2.45, 2.75) is 13.0 Å². The molecule has 2 nitrogen and oxygen atoms in total. The van der Waals surface area contributed by atoms with E-state index in [0.717, 1.165) is 31.6 Å². The zero-order valence-electron chi connectivity index (χ0n) is 8.49. The van der Waals surface area contributed by atoms with Crippen LogP contribution >= 0.6 is 0 Å². The minimum atomic E-state index is -0.199. The van der Waals surface area contributed by atoms with Crippen LogP contribution in [0.3, 0.4) is 0 Å². The van der Waals surface area contributed by atoms with Gasteiger partial charge in [0.1, 0.15) is 5.82 Å². The molecule has 1 unspecified atom stereocenters. The topological polar surface area (TPSA) is 27.0 Å². The lowest BCUT2D eigenvalue weighted by Gasteiger charge is -2.14. The van der Waals surface area contributed by atoms with E-state index in [-0.39, 0.29) is 11.7 Å². The highest BCUT2D eigenvalue weighted by Gasteiger charge is 2.21.